The van der Waals surface area contributed by atoms with E-state index in [1.165, 1.54) is 35.9 Å². The van der Waals surface area contributed by atoms with Crippen LogP contribution in [0.25, 0.3) is 11.0 Å². The summed E-state index contributed by atoms with van der Waals surface area (Å²) in [4.78, 5) is 20.7. The molecule has 2 aliphatic rings. The molecule has 9 nitrogen and oxygen atoms in total. The number of amides is 2. The third kappa shape index (κ3) is 4.22. The van der Waals surface area contributed by atoms with E-state index in [9.17, 15) is 13.2 Å². The van der Waals surface area contributed by atoms with Crippen LogP contribution >= 0.6 is 0 Å². The van der Waals surface area contributed by atoms with E-state index in [0.717, 1.165) is 31.4 Å². The number of fused-ring (bicyclic) bond motifs is 1. The number of rotatable bonds is 7. The monoisotopic (exact) mass is 455 g/mol. The van der Waals surface area contributed by atoms with E-state index < -0.39 is 16.1 Å². The van der Waals surface area contributed by atoms with Crippen LogP contribution in [-0.2, 0) is 10.1 Å². The zero-order chi connectivity index (χ0) is 22.3. The van der Waals surface area contributed by atoms with Gasteiger partial charge >= 0.3 is 16.1 Å². The van der Waals surface area contributed by atoms with Gasteiger partial charge in [-0.2, -0.15) is 8.42 Å². The zero-order valence-electron chi connectivity index (χ0n) is 17.5. The largest absolute Gasteiger partial charge is 0.382 e. The lowest BCUT2D eigenvalue weighted by atomic mass is 10.2. The first-order chi connectivity index (χ1) is 15.4. The number of aromatic amines is 1. The first-order valence-electron chi connectivity index (χ1n) is 10.8. The Labute approximate surface area is 186 Å². The first-order valence-corrected chi connectivity index (χ1v) is 12.2. The Balaban J connectivity index is 1.33. The Hall–Kier alpha value is -3.27. The van der Waals surface area contributed by atoms with Gasteiger partial charge in [-0.25, -0.2) is 9.78 Å². The highest BCUT2D eigenvalue weighted by Gasteiger charge is 2.34. The van der Waals surface area contributed by atoms with Crippen molar-refractivity contribution < 1.29 is 17.4 Å². The van der Waals surface area contributed by atoms with Gasteiger partial charge < -0.3 is 20.2 Å². The van der Waals surface area contributed by atoms with Crippen molar-refractivity contribution in [1.29, 1.82) is 0 Å². The molecule has 1 aromatic heterocycles. The van der Waals surface area contributed by atoms with Gasteiger partial charge in [-0.1, -0.05) is 12.8 Å². The van der Waals surface area contributed by atoms with Crippen LogP contribution < -0.4 is 20.1 Å². The summed E-state index contributed by atoms with van der Waals surface area (Å²) in [6.45, 7) is 0. The Morgan fingerprint density at radius 1 is 1.09 bits per heavy atom. The maximum atomic E-state index is 12.8. The van der Waals surface area contributed by atoms with E-state index in [-0.39, 0.29) is 16.7 Å². The van der Waals surface area contributed by atoms with Crippen LogP contribution in [0.5, 0.6) is 5.75 Å². The van der Waals surface area contributed by atoms with E-state index >= 15 is 0 Å². The van der Waals surface area contributed by atoms with E-state index in [4.69, 9.17) is 9.92 Å². The number of nitrogens with zero attached hydrogens (tertiary/aromatic N) is 2. The first kappa shape index (κ1) is 20.6. The second-order valence-corrected chi connectivity index (χ2v) is 9.91. The van der Waals surface area contributed by atoms with Crippen LogP contribution in [0.1, 0.15) is 38.5 Å². The van der Waals surface area contributed by atoms with Crippen LogP contribution in [-0.4, -0.2) is 36.5 Å². The Morgan fingerprint density at radius 3 is 2.47 bits per heavy atom. The van der Waals surface area contributed by atoms with Gasteiger partial charge in [0.25, 0.3) is 0 Å². The molecule has 2 amide bonds. The van der Waals surface area contributed by atoms with Gasteiger partial charge in [0.05, 0.1) is 11.0 Å². The van der Waals surface area contributed by atoms with Crippen LogP contribution in [0.15, 0.2) is 47.4 Å². The highest BCUT2D eigenvalue weighted by atomic mass is 32.2. The molecule has 0 aliphatic heterocycles. The fraction of sp³-hybridized carbons (Fsp3) is 0.364. The summed E-state index contributed by atoms with van der Waals surface area (Å²) in [6, 6.07) is 11.3. The quantitative estimate of drug-likeness (QED) is 0.465. The number of hydrogen-bond donors (Lipinski definition) is 3. The van der Waals surface area contributed by atoms with Crippen molar-refractivity contribution in [1.82, 2.24) is 9.97 Å². The molecule has 3 aromatic rings. The molecule has 32 heavy (non-hydrogen) atoms. The summed E-state index contributed by atoms with van der Waals surface area (Å²) in [7, 11) is -4.00. The van der Waals surface area contributed by atoms with Crippen LogP contribution in [0.4, 0.5) is 16.4 Å². The SMILES string of the molecule is NC(=O)N(c1nc2cc(OS(=O)(=O)c3ccc(NC4CCCC4)cc3)ccc2[nH]1)C1CC1. The molecule has 0 atom stereocenters. The average molecular weight is 456 g/mol. The van der Waals surface area contributed by atoms with Crippen molar-refractivity contribution >= 4 is 38.8 Å². The van der Waals surface area contributed by atoms with Crippen molar-refractivity contribution in [2.75, 3.05) is 10.2 Å². The molecule has 168 valence electrons. The molecule has 2 saturated carbocycles. The van der Waals surface area contributed by atoms with E-state index in [0.29, 0.717) is 23.0 Å². The predicted octanol–water partition coefficient (Wildman–Crippen LogP) is 3.73. The Bertz CT molecular complexity index is 1250. The third-order valence-corrected chi connectivity index (χ3v) is 7.16. The lowest BCUT2D eigenvalue weighted by molar-refractivity contribution is 0.253. The topological polar surface area (TPSA) is 130 Å². The molecular formula is C22H25N5O4S. The van der Waals surface area contributed by atoms with Gasteiger partial charge in [-0.15, -0.1) is 0 Å². The van der Waals surface area contributed by atoms with E-state index in [1.54, 1.807) is 24.3 Å². The Morgan fingerprint density at radius 2 is 1.81 bits per heavy atom. The van der Waals surface area contributed by atoms with Crippen LogP contribution in [0.3, 0.4) is 0 Å². The summed E-state index contributed by atoms with van der Waals surface area (Å²) >= 11 is 0. The van der Waals surface area contributed by atoms with Gasteiger partial charge in [0, 0.05) is 23.8 Å². The Kier molecular flexibility index (Phi) is 5.16. The highest BCUT2D eigenvalue weighted by molar-refractivity contribution is 7.87. The summed E-state index contributed by atoms with van der Waals surface area (Å²) in [5, 5.41) is 3.44. The number of benzene rings is 2. The normalized spacial score (nSPS) is 16.9. The van der Waals surface area contributed by atoms with Gasteiger partial charge in [-0.05, 0) is 62.1 Å². The van der Waals surface area contributed by atoms with Crippen LogP contribution in [0, 0.1) is 0 Å². The molecule has 2 fully saturated rings. The number of urea groups is 1. The van der Waals surface area contributed by atoms with Crippen molar-refractivity contribution in [3.05, 3.63) is 42.5 Å². The van der Waals surface area contributed by atoms with Crippen molar-refractivity contribution in [3.63, 3.8) is 0 Å². The zero-order valence-corrected chi connectivity index (χ0v) is 18.3. The van der Waals surface area contributed by atoms with E-state index in [2.05, 4.69) is 15.3 Å². The average Bonchev–Trinajstić information content (AvgIpc) is 3.27. The van der Waals surface area contributed by atoms with Gasteiger partial charge in [0.15, 0.2) is 0 Å². The maximum absolute atomic E-state index is 12.8. The summed E-state index contributed by atoms with van der Waals surface area (Å²) in [5.74, 6) is 0.487. The molecule has 0 unspecified atom stereocenters. The lowest BCUT2D eigenvalue weighted by Gasteiger charge is -2.15. The number of carbonyl (C=O) groups is 1. The second-order valence-electron chi connectivity index (χ2n) is 8.37. The number of aromatic nitrogens is 2. The van der Waals surface area contributed by atoms with Gasteiger partial charge in [0.1, 0.15) is 10.6 Å². The minimum Gasteiger partial charge on any atom is -0.382 e. The molecule has 4 N–H and O–H groups in total. The van der Waals surface area contributed by atoms with Crippen molar-refractivity contribution in [2.45, 2.75) is 55.5 Å². The minimum absolute atomic E-state index is 0.0512. The molecular weight excluding hydrogens is 430 g/mol. The lowest BCUT2D eigenvalue weighted by Crippen LogP contribution is -2.38. The van der Waals surface area contributed by atoms with Crippen LogP contribution in [0.2, 0.25) is 0 Å². The number of imidazole rings is 1. The molecule has 2 aromatic carbocycles. The number of hydrogen-bond acceptors (Lipinski definition) is 6. The number of primary amides is 1. The van der Waals surface area contributed by atoms with Gasteiger partial charge in [0.2, 0.25) is 5.95 Å². The molecule has 10 heteroatoms. The predicted molar refractivity (Wildman–Crippen MR) is 121 cm³/mol. The van der Waals surface area contributed by atoms with Crippen molar-refractivity contribution in [3.8, 4) is 5.75 Å². The minimum atomic E-state index is -4.00. The summed E-state index contributed by atoms with van der Waals surface area (Å²) < 4.78 is 30.8. The molecule has 0 radical (unpaired) electrons. The van der Waals surface area contributed by atoms with E-state index in [1.807, 2.05) is 0 Å². The number of nitrogens with two attached hydrogens (primary N) is 1. The number of H-pyrrole nitrogens is 1. The maximum Gasteiger partial charge on any atom is 0.339 e. The summed E-state index contributed by atoms with van der Waals surface area (Å²) in [6.07, 6.45) is 6.47. The molecule has 5 rings (SSSR count). The molecule has 0 bridgehead atoms. The van der Waals surface area contributed by atoms with Crippen molar-refractivity contribution in [2.24, 2.45) is 5.73 Å². The number of anilines is 2. The third-order valence-electron chi connectivity index (χ3n) is 5.89. The second kappa shape index (κ2) is 8.01. The molecule has 2 aliphatic carbocycles. The summed E-state index contributed by atoms with van der Waals surface area (Å²) in [5.41, 5.74) is 7.52. The molecule has 0 spiro atoms. The number of carbonyl (C=O) groups excluding carboxylic acids is 1. The fourth-order valence-corrected chi connectivity index (χ4v) is 5.05. The number of nitrogens with one attached hydrogen (secondary N) is 2. The highest BCUT2D eigenvalue weighted by Crippen LogP contribution is 2.32. The fourth-order valence-electron chi connectivity index (χ4n) is 4.13. The molecule has 0 saturated heterocycles. The van der Waals surface area contributed by atoms with Gasteiger partial charge in [-0.3, -0.25) is 4.90 Å². The molecule has 1 heterocycles. The smallest absolute Gasteiger partial charge is 0.339 e. The standard InChI is InChI=1S/C22H25N5O4S/c23-21(28)27(16-7-8-16)22-25-19-12-9-17(13-20(19)26-22)31-32(29,30)18-10-5-15(6-11-18)24-14-3-1-2-4-14/h5-6,9-14,16,24H,1-4,7-8H2,(H2,23,28)(H,25,26).